The summed E-state index contributed by atoms with van der Waals surface area (Å²) < 4.78 is 5.43. The number of rotatable bonds is 3. The van der Waals surface area contributed by atoms with E-state index in [0.717, 1.165) is 0 Å². The highest BCUT2D eigenvalue weighted by Gasteiger charge is 2.47. The smallest absolute Gasteiger partial charge is 0.410 e. The fourth-order valence-electron chi connectivity index (χ4n) is 3.01. The maximum absolute atomic E-state index is 13.0. The number of pyridine rings is 1. The van der Waals surface area contributed by atoms with Gasteiger partial charge in [-0.2, -0.15) is 0 Å². The summed E-state index contributed by atoms with van der Waals surface area (Å²) in [4.78, 5) is 36.4. The zero-order valence-electron chi connectivity index (χ0n) is 15.6. The number of amides is 2. The van der Waals surface area contributed by atoms with Crippen molar-refractivity contribution in [3.63, 3.8) is 0 Å². The van der Waals surface area contributed by atoms with Crippen LogP contribution in [0.25, 0.3) is 0 Å². The van der Waals surface area contributed by atoms with Gasteiger partial charge < -0.3 is 9.64 Å². The van der Waals surface area contributed by atoms with Crippen molar-refractivity contribution >= 4 is 12.0 Å². The van der Waals surface area contributed by atoms with Gasteiger partial charge in [0.05, 0.1) is 18.2 Å². The molecular formula is C18H27N3O4. The lowest BCUT2D eigenvalue weighted by Gasteiger charge is -2.41. The van der Waals surface area contributed by atoms with Crippen LogP contribution in [0.4, 0.5) is 4.79 Å². The second-order valence-electron chi connectivity index (χ2n) is 7.25. The van der Waals surface area contributed by atoms with Crippen LogP contribution in [0.2, 0.25) is 0 Å². The Morgan fingerprint density at radius 1 is 1.24 bits per heavy atom. The van der Waals surface area contributed by atoms with Crippen molar-refractivity contribution in [2.75, 3.05) is 27.2 Å². The lowest BCUT2D eigenvalue weighted by atomic mass is 9.74. The van der Waals surface area contributed by atoms with Crippen molar-refractivity contribution < 1.29 is 19.2 Å². The van der Waals surface area contributed by atoms with E-state index in [1.54, 1.807) is 18.1 Å². The largest absolute Gasteiger partial charge is 0.444 e. The molecule has 0 radical (unpaired) electrons. The number of likely N-dealkylation sites (N-methyl/N-ethyl adjacent to an activating group) is 1. The Bertz CT molecular complexity index is 604. The molecule has 0 unspecified atom stereocenters. The van der Waals surface area contributed by atoms with Crippen LogP contribution in [0.3, 0.4) is 0 Å². The molecule has 0 N–H and O–H groups in total. The summed E-state index contributed by atoms with van der Waals surface area (Å²) >= 11 is 0. The van der Waals surface area contributed by atoms with Crippen LogP contribution in [0.15, 0.2) is 24.4 Å². The second-order valence-corrected chi connectivity index (χ2v) is 7.25. The van der Waals surface area contributed by atoms with Crippen LogP contribution in [0.5, 0.6) is 0 Å². The lowest BCUT2D eigenvalue weighted by molar-refractivity contribution is -0.177. The first kappa shape index (κ1) is 19.2. The molecule has 1 aromatic rings. The Morgan fingerprint density at radius 2 is 1.88 bits per heavy atom. The maximum Gasteiger partial charge on any atom is 0.410 e. The van der Waals surface area contributed by atoms with Crippen molar-refractivity contribution in [3.05, 3.63) is 30.1 Å². The molecule has 0 aromatic carbocycles. The molecule has 1 aliphatic rings. The summed E-state index contributed by atoms with van der Waals surface area (Å²) in [6, 6.07) is 5.53. The van der Waals surface area contributed by atoms with E-state index in [2.05, 4.69) is 4.98 Å². The van der Waals surface area contributed by atoms with Crippen LogP contribution in [-0.2, 0) is 19.8 Å². The number of carbonyl (C=O) groups is 2. The SMILES string of the molecule is CON(C)C(=O)C1(c2ccccn2)CCN(C(=O)OC(C)(C)C)CC1. The maximum atomic E-state index is 13.0. The van der Waals surface area contributed by atoms with Gasteiger partial charge in [0.2, 0.25) is 0 Å². The zero-order chi connectivity index (χ0) is 18.7. The Kier molecular flexibility index (Phi) is 5.67. The average molecular weight is 349 g/mol. The van der Waals surface area contributed by atoms with Gasteiger partial charge in [0.25, 0.3) is 5.91 Å². The molecule has 0 saturated carbocycles. The number of hydrogen-bond acceptors (Lipinski definition) is 5. The monoisotopic (exact) mass is 349 g/mol. The molecule has 1 fully saturated rings. The Balaban J connectivity index is 2.21. The molecule has 7 heteroatoms. The molecule has 1 aromatic heterocycles. The summed E-state index contributed by atoms with van der Waals surface area (Å²) in [6.45, 7) is 6.36. The molecule has 25 heavy (non-hydrogen) atoms. The van der Waals surface area contributed by atoms with Crippen molar-refractivity contribution in [3.8, 4) is 0 Å². The summed E-state index contributed by atoms with van der Waals surface area (Å²) in [5.74, 6) is -0.155. The van der Waals surface area contributed by atoms with E-state index in [1.165, 1.54) is 12.2 Å². The highest BCUT2D eigenvalue weighted by molar-refractivity contribution is 5.87. The lowest BCUT2D eigenvalue weighted by Crippen LogP contribution is -2.53. The number of ether oxygens (including phenoxy) is 1. The molecular weight excluding hydrogens is 322 g/mol. The molecule has 2 heterocycles. The minimum atomic E-state index is -0.801. The predicted octanol–water partition coefficient (Wildman–Crippen LogP) is 2.37. The van der Waals surface area contributed by atoms with Crippen LogP contribution in [-0.4, -0.2) is 59.8 Å². The summed E-state index contributed by atoms with van der Waals surface area (Å²) in [7, 11) is 3.05. The number of piperidine rings is 1. The molecule has 2 amide bonds. The van der Waals surface area contributed by atoms with Gasteiger partial charge in [-0.3, -0.25) is 14.6 Å². The van der Waals surface area contributed by atoms with E-state index >= 15 is 0 Å². The first-order valence-electron chi connectivity index (χ1n) is 8.41. The van der Waals surface area contributed by atoms with Gasteiger partial charge in [0.15, 0.2) is 0 Å². The zero-order valence-corrected chi connectivity index (χ0v) is 15.6. The molecule has 0 atom stereocenters. The Hall–Kier alpha value is -2.15. The molecule has 0 aliphatic carbocycles. The normalized spacial score (nSPS) is 17.1. The highest BCUT2D eigenvalue weighted by atomic mass is 16.7. The number of aromatic nitrogens is 1. The number of likely N-dealkylation sites (tertiary alicyclic amines) is 1. The van der Waals surface area contributed by atoms with Gasteiger partial charge in [-0.15, -0.1) is 0 Å². The van der Waals surface area contributed by atoms with Crippen molar-refractivity contribution in [1.82, 2.24) is 14.9 Å². The van der Waals surface area contributed by atoms with Gasteiger partial charge in [0.1, 0.15) is 5.60 Å². The third-order valence-electron chi connectivity index (χ3n) is 4.39. The van der Waals surface area contributed by atoms with E-state index in [1.807, 2.05) is 39.0 Å². The third kappa shape index (κ3) is 4.28. The minimum absolute atomic E-state index is 0.155. The van der Waals surface area contributed by atoms with Crippen LogP contribution in [0.1, 0.15) is 39.3 Å². The Labute approximate surface area is 148 Å². The Morgan fingerprint density at radius 3 is 2.36 bits per heavy atom. The predicted molar refractivity (Wildman–Crippen MR) is 92.7 cm³/mol. The molecule has 0 bridgehead atoms. The summed E-state index contributed by atoms with van der Waals surface area (Å²) in [5, 5.41) is 1.23. The third-order valence-corrected chi connectivity index (χ3v) is 4.39. The number of carbonyl (C=O) groups excluding carboxylic acids is 2. The van der Waals surface area contributed by atoms with Crippen LogP contribution >= 0.6 is 0 Å². The molecule has 7 nitrogen and oxygen atoms in total. The minimum Gasteiger partial charge on any atom is -0.444 e. The van der Waals surface area contributed by atoms with E-state index < -0.39 is 11.0 Å². The second kappa shape index (κ2) is 7.39. The number of hydrogen-bond donors (Lipinski definition) is 0. The van der Waals surface area contributed by atoms with Gasteiger partial charge in [-0.1, -0.05) is 6.07 Å². The van der Waals surface area contributed by atoms with Crippen molar-refractivity contribution in [2.45, 2.75) is 44.6 Å². The van der Waals surface area contributed by atoms with E-state index in [9.17, 15) is 9.59 Å². The molecule has 2 rings (SSSR count). The van der Waals surface area contributed by atoms with E-state index in [4.69, 9.17) is 9.57 Å². The van der Waals surface area contributed by atoms with Gasteiger partial charge in [-0.25, -0.2) is 9.86 Å². The van der Waals surface area contributed by atoms with Crippen LogP contribution in [0, 0.1) is 0 Å². The first-order chi connectivity index (χ1) is 11.7. The number of hydroxylamine groups is 2. The van der Waals surface area contributed by atoms with E-state index in [0.29, 0.717) is 31.6 Å². The average Bonchev–Trinajstić information content (AvgIpc) is 2.59. The van der Waals surface area contributed by atoms with Crippen molar-refractivity contribution in [1.29, 1.82) is 0 Å². The fourth-order valence-corrected chi connectivity index (χ4v) is 3.01. The molecule has 138 valence electrons. The quantitative estimate of drug-likeness (QED) is 0.784. The summed E-state index contributed by atoms with van der Waals surface area (Å²) in [6.07, 6.45) is 2.26. The fraction of sp³-hybridized carbons (Fsp3) is 0.611. The topological polar surface area (TPSA) is 72.0 Å². The molecule has 1 saturated heterocycles. The summed E-state index contributed by atoms with van der Waals surface area (Å²) in [5.41, 5.74) is -0.642. The standard InChI is InChI=1S/C18H27N3O4/c1-17(2,3)25-16(23)21-12-9-18(10-13-21,15(22)20(4)24-5)14-8-6-7-11-19-14/h6-8,11H,9-10,12-13H2,1-5H3. The van der Waals surface area contributed by atoms with Crippen LogP contribution < -0.4 is 0 Å². The molecule has 1 aliphatic heterocycles. The van der Waals surface area contributed by atoms with Gasteiger partial charge in [-0.05, 0) is 45.7 Å². The van der Waals surface area contributed by atoms with Gasteiger partial charge in [0, 0.05) is 26.3 Å². The highest BCUT2D eigenvalue weighted by Crippen LogP contribution is 2.36. The van der Waals surface area contributed by atoms with E-state index in [-0.39, 0.29) is 12.0 Å². The van der Waals surface area contributed by atoms with Gasteiger partial charge >= 0.3 is 6.09 Å². The number of nitrogens with zero attached hydrogens (tertiary/aromatic N) is 3. The van der Waals surface area contributed by atoms with Crippen molar-refractivity contribution in [2.24, 2.45) is 0 Å². The molecule has 0 spiro atoms. The first-order valence-corrected chi connectivity index (χ1v) is 8.41.